The van der Waals surface area contributed by atoms with Gasteiger partial charge in [0.15, 0.2) is 0 Å². The van der Waals surface area contributed by atoms with Crippen LogP contribution in [0.15, 0.2) is 24.3 Å². The quantitative estimate of drug-likeness (QED) is 0.669. The highest BCUT2D eigenvalue weighted by molar-refractivity contribution is 5.81. The van der Waals surface area contributed by atoms with Crippen LogP contribution in [0, 0.1) is 34.4 Å². The number of amides is 3. The highest BCUT2D eigenvalue weighted by atomic mass is 19.3. The van der Waals surface area contributed by atoms with Crippen LogP contribution < -0.4 is 11.1 Å². The molecule has 9 heteroatoms. The SMILES string of the molecule is N#CC1(NC(=O)[C@@H](CC(F)(F)Cc2ccc(F)cc2)C2CC23CCN(C(N)=O)CC3)CC1. The molecule has 0 bridgehead atoms. The van der Waals surface area contributed by atoms with Crippen LogP contribution in [0.2, 0.25) is 0 Å². The predicted molar refractivity (Wildman–Crippen MR) is 110 cm³/mol. The summed E-state index contributed by atoms with van der Waals surface area (Å²) in [5, 5.41) is 12.0. The summed E-state index contributed by atoms with van der Waals surface area (Å²) in [6.45, 7) is 0.905. The first-order valence-electron chi connectivity index (χ1n) is 11.0. The number of nitriles is 1. The standard InChI is InChI=1S/C23H27F3N4O2/c24-16-3-1-15(2-4-16)11-23(25,26)12-17(19(31)29-22(14-27)5-6-22)18-13-21(18)7-9-30(10-8-21)20(28)32/h1-4,17-18H,5-13H2,(H2,28,32)(H,29,31)/t17-,18?/m0/s1. The van der Waals surface area contributed by atoms with Crippen molar-refractivity contribution in [2.75, 3.05) is 13.1 Å². The first-order chi connectivity index (χ1) is 15.1. The smallest absolute Gasteiger partial charge is 0.314 e. The predicted octanol–water partition coefficient (Wildman–Crippen LogP) is 3.36. The van der Waals surface area contributed by atoms with Gasteiger partial charge >= 0.3 is 6.03 Å². The monoisotopic (exact) mass is 448 g/mol. The molecule has 1 aromatic carbocycles. The maximum Gasteiger partial charge on any atom is 0.314 e. The van der Waals surface area contributed by atoms with Crippen LogP contribution in [-0.4, -0.2) is 41.4 Å². The number of nitrogens with zero attached hydrogens (tertiary/aromatic N) is 2. The number of nitrogens with one attached hydrogen (secondary N) is 1. The van der Waals surface area contributed by atoms with Gasteiger partial charge in [0.2, 0.25) is 5.91 Å². The Kier molecular flexibility index (Phi) is 5.60. The zero-order valence-corrected chi connectivity index (χ0v) is 17.8. The molecule has 1 saturated heterocycles. The fraction of sp³-hybridized carbons (Fsp3) is 0.609. The molecule has 0 aromatic heterocycles. The number of hydrogen-bond acceptors (Lipinski definition) is 3. The molecule has 2 saturated carbocycles. The van der Waals surface area contributed by atoms with E-state index in [4.69, 9.17) is 5.73 Å². The number of carbonyl (C=O) groups excluding carboxylic acids is 2. The van der Waals surface area contributed by atoms with E-state index in [-0.39, 0.29) is 11.3 Å². The summed E-state index contributed by atoms with van der Waals surface area (Å²) >= 11 is 0. The van der Waals surface area contributed by atoms with Crippen LogP contribution >= 0.6 is 0 Å². The van der Waals surface area contributed by atoms with E-state index in [1.54, 1.807) is 0 Å². The molecule has 1 aromatic rings. The zero-order valence-electron chi connectivity index (χ0n) is 17.8. The van der Waals surface area contributed by atoms with Gasteiger partial charge in [-0.05, 0) is 61.1 Å². The third kappa shape index (κ3) is 4.69. The molecule has 6 nitrogen and oxygen atoms in total. The molecular weight excluding hydrogens is 421 g/mol. The summed E-state index contributed by atoms with van der Waals surface area (Å²) in [7, 11) is 0. The molecule has 1 aliphatic heterocycles. The van der Waals surface area contributed by atoms with Crippen molar-refractivity contribution in [2.45, 2.75) is 56.4 Å². The number of benzene rings is 1. The van der Waals surface area contributed by atoms with Gasteiger partial charge in [-0.3, -0.25) is 4.79 Å². The van der Waals surface area contributed by atoms with Gasteiger partial charge in [0.05, 0.1) is 6.07 Å². The largest absolute Gasteiger partial charge is 0.351 e. The summed E-state index contributed by atoms with van der Waals surface area (Å²) in [4.78, 5) is 26.0. The van der Waals surface area contributed by atoms with Crippen LogP contribution in [0.25, 0.3) is 0 Å². The summed E-state index contributed by atoms with van der Waals surface area (Å²) in [6, 6.07) is 6.51. The third-order valence-electron chi connectivity index (χ3n) is 7.37. The Hall–Kier alpha value is -2.76. The minimum absolute atomic E-state index is 0.230. The van der Waals surface area contributed by atoms with E-state index >= 15 is 8.78 Å². The number of halogens is 3. The van der Waals surface area contributed by atoms with Crippen molar-refractivity contribution in [3.8, 4) is 6.07 Å². The molecule has 1 heterocycles. The molecular formula is C23H27F3N4O2. The van der Waals surface area contributed by atoms with Gasteiger partial charge in [0.1, 0.15) is 11.4 Å². The second-order valence-electron chi connectivity index (χ2n) is 9.65. The maximum atomic E-state index is 15.1. The van der Waals surface area contributed by atoms with Crippen LogP contribution in [-0.2, 0) is 11.2 Å². The molecule has 2 aliphatic carbocycles. The van der Waals surface area contributed by atoms with Crippen molar-refractivity contribution in [3.05, 3.63) is 35.6 Å². The molecule has 172 valence electrons. The zero-order chi connectivity index (χ0) is 23.1. The fourth-order valence-corrected chi connectivity index (χ4v) is 5.13. The Labute approximate surface area is 184 Å². The summed E-state index contributed by atoms with van der Waals surface area (Å²) < 4.78 is 43.2. The summed E-state index contributed by atoms with van der Waals surface area (Å²) in [6.07, 6.45) is 1.71. The Morgan fingerprint density at radius 1 is 1.22 bits per heavy atom. The molecule has 1 unspecified atom stereocenters. The van der Waals surface area contributed by atoms with E-state index in [2.05, 4.69) is 11.4 Å². The number of rotatable bonds is 7. The number of urea groups is 1. The minimum atomic E-state index is -3.17. The molecule has 32 heavy (non-hydrogen) atoms. The van der Waals surface area contributed by atoms with Gasteiger partial charge in [0, 0.05) is 31.8 Å². The van der Waals surface area contributed by atoms with Crippen molar-refractivity contribution in [2.24, 2.45) is 23.0 Å². The van der Waals surface area contributed by atoms with E-state index in [0.29, 0.717) is 50.8 Å². The lowest BCUT2D eigenvalue weighted by Crippen LogP contribution is -2.45. The lowest BCUT2D eigenvalue weighted by Gasteiger charge is -2.33. The molecule has 2 atom stereocenters. The lowest BCUT2D eigenvalue weighted by molar-refractivity contribution is -0.131. The third-order valence-corrected chi connectivity index (χ3v) is 7.37. The van der Waals surface area contributed by atoms with Gasteiger partial charge in [0.25, 0.3) is 5.92 Å². The van der Waals surface area contributed by atoms with E-state index in [9.17, 15) is 19.2 Å². The maximum absolute atomic E-state index is 15.1. The number of nitrogens with two attached hydrogens (primary N) is 1. The highest BCUT2D eigenvalue weighted by Gasteiger charge is 2.61. The van der Waals surface area contributed by atoms with Crippen LogP contribution in [0.4, 0.5) is 18.0 Å². The van der Waals surface area contributed by atoms with Crippen LogP contribution in [0.1, 0.15) is 44.1 Å². The molecule has 3 fully saturated rings. The van der Waals surface area contributed by atoms with E-state index in [1.165, 1.54) is 17.0 Å². The van der Waals surface area contributed by atoms with Crippen molar-refractivity contribution in [3.63, 3.8) is 0 Å². The second-order valence-corrected chi connectivity index (χ2v) is 9.65. The van der Waals surface area contributed by atoms with Gasteiger partial charge in [-0.2, -0.15) is 5.26 Å². The Balaban J connectivity index is 1.48. The van der Waals surface area contributed by atoms with Crippen LogP contribution in [0.5, 0.6) is 0 Å². The van der Waals surface area contributed by atoms with Crippen molar-refractivity contribution in [1.29, 1.82) is 5.26 Å². The Bertz CT molecular complexity index is 932. The summed E-state index contributed by atoms with van der Waals surface area (Å²) in [5.74, 6) is -5.33. The van der Waals surface area contributed by atoms with E-state index in [1.807, 2.05) is 0 Å². The molecule has 3 aliphatic rings. The van der Waals surface area contributed by atoms with Crippen molar-refractivity contribution < 1.29 is 22.8 Å². The molecule has 4 rings (SSSR count). The highest BCUT2D eigenvalue weighted by Crippen LogP contribution is 2.64. The molecule has 1 spiro atoms. The molecule has 3 N–H and O–H groups in total. The number of likely N-dealkylation sites (tertiary alicyclic amines) is 1. The first kappa shape index (κ1) is 22.4. The van der Waals surface area contributed by atoms with Crippen molar-refractivity contribution >= 4 is 11.9 Å². The molecule has 3 amide bonds. The number of alkyl halides is 2. The van der Waals surface area contributed by atoms with Gasteiger partial charge in [-0.1, -0.05) is 12.1 Å². The van der Waals surface area contributed by atoms with Crippen molar-refractivity contribution in [1.82, 2.24) is 10.2 Å². The number of piperidine rings is 1. The normalized spacial score (nSPS) is 23.8. The van der Waals surface area contributed by atoms with E-state index < -0.39 is 48.0 Å². The van der Waals surface area contributed by atoms with Gasteiger partial charge in [-0.15, -0.1) is 0 Å². The number of primary amides is 1. The van der Waals surface area contributed by atoms with Gasteiger partial charge < -0.3 is 16.0 Å². The first-order valence-corrected chi connectivity index (χ1v) is 11.0. The number of carbonyl (C=O) groups is 2. The lowest BCUT2D eigenvalue weighted by atomic mass is 9.83. The average Bonchev–Trinajstić information content (AvgIpc) is 3.66. The van der Waals surface area contributed by atoms with Gasteiger partial charge in [-0.25, -0.2) is 18.0 Å². The summed E-state index contributed by atoms with van der Waals surface area (Å²) in [5.41, 5.74) is 4.47. The second kappa shape index (κ2) is 7.98. The average molecular weight is 448 g/mol. The Morgan fingerprint density at radius 3 is 2.38 bits per heavy atom. The topological polar surface area (TPSA) is 99.2 Å². The molecule has 0 radical (unpaired) electrons. The van der Waals surface area contributed by atoms with E-state index in [0.717, 1.165) is 12.1 Å². The van der Waals surface area contributed by atoms with Crippen LogP contribution in [0.3, 0.4) is 0 Å². The Morgan fingerprint density at radius 2 is 1.84 bits per heavy atom. The minimum Gasteiger partial charge on any atom is -0.351 e. The fourth-order valence-electron chi connectivity index (χ4n) is 5.13. The number of hydrogen-bond donors (Lipinski definition) is 2.